The average Bonchev–Trinajstić information content (AvgIpc) is 2.69. The van der Waals surface area contributed by atoms with Gasteiger partial charge in [0, 0.05) is 0 Å². The van der Waals surface area contributed by atoms with Gasteiger partial charge in [0.05, 0.1) is 0 Å². The van der Waals surface area contributed by atoms with E-state index in [0.29, 0.717) is 0 Å². The minimum absolute atomic E-state index is 1.11. The number of nitrogens with one attached hydrogen (secondary N) is 1. The monoisotopic (exact) mass is 401 g/mol. The third-order valence-electron chi connectivity index (χ3n) is 5.06. The van der Waals surface area contributed by atoms with E-state index >= 15 is 0 Å². The molecule has 0 aromatic rings. The number of hydrogen-bond acceptors (Lipinski definition) is 7. The number of hydrogen-bond donors (Lipinski definition) is 1. The first-order valence-electron chi connectivity index (χ1n) is 10.3. The first kappa shape index (κ1) is 28.3. The molecule has 0 aliphatic rings. The molecule has 0 aliphatic heterocycles. The predicted molar refractivity (Wildman–Crippen MR) is 119 cm³/mol. The summed E-state index contributed by atoms with van der Waals surface area (Å²) in [6, 6.07) is 0. The molecule has 7 nitrogen and oxygen atoms in total. The number of rotatable bonds is 13. The van der Waals surface area contributed by atoms with Crippen LogP contribution in [-0.2, 0) is 0 Å². The smallest absolute Gasteiger partial charge is 0.190 e. The molecule has 0 radical (unpaired) electrons. The maximum atomic E-state index is 7.48. The van der Waals surface area contributed by atoms with Gasteiger partial charge in [-0.2, -0.15) is 10.5 Å². The molecule has 1 N–H and O–H groups in total. The zero-order valence-electron chi connectivity index (χ0n) is 19.0. The molecule has 160 valence electrons. The van der Waals surface area contributed by atoms with Gasteiger partial charge in [0.15, 0.2) is 12.4 Å². The maximum Gasteiger partial charge on any atom is 0.190 e. The molecule has 0 amide bonds. The van der Waals surface area contributed by atoms with Crippen LogP contribution in [0.1, 0.15) is 60.3 Å². The second-order valence-electron chi connectivity index (χ2n) is 6.69. The summed E-state index contributed by atoms with van der Waals surface area (Å²) in [5.41, 5.74) is 0. The largest absolute Gasteiger partial charge is 0.229 e. The first-order valence-corrected chi connectivity index (χ1v) is 12.1. The number of nitrogens with zero attached hydrogens (tertiary/aromatic N) is 6. The van der Waals surface area contributed by atoms with E-state index in [1.54, 1.807) is 5.32 Å². The van der Waals surface area contributed by atoms with Gasteiger partial charge in [-0.05, 0) is 0 Å². The Kier molecular flexibility index (Phi) is 18.0. The summed E-state index contributed by atoms with van der Waals surface area (Å²) in [6.07, 6.45) is 7.95. The van der Waals surface area contributed by atoms with Crippen LogP contribution in [0.5, 0.6) is 0 Å². The van der Waals surface area contributed by atoms with E-state index in [0.717, 1.165) is 19.6 Å². The fraction of sp³-hybridized carbons (Fsp3) is 0.895. The molecular weight excluding hydrogens is 357 g/mol. The van der Waals surface area contributed by atoms with Crippen molar-refractivity contribution >= 4 is 7.87 Å². The van der Waals surface area contributed by atoms with Crippen LogP contribution in [0.15, 0.2) is 0 Å². The summed E-state index contributed by atoms with van der Waals surface area (Å²) in [4.78, 5) is 0. The van der Waals surface area contributed by atoms with Crippen molar-refractivity contribution in [1.29, 1.82) is 10.5 Å². The molecule has 0 bridgehead atoms. The molecular formula is C19H44N7P. The van der Waals surface area contributed by atoms with E-state index in [2.05, 4.69) is 74.4 Å². The Hall–Kier alpha value is -0.950. The van der Waals surface area contributed by atoms with Crippen LogP contribution in [-0.4, -0.2) is 72.5 Å². The molecule has 0 aliphatic carbocycles. The van der Waals surface area contributed by atoms with Gasteiger partial charge in [-0.15, -0.1) is 0 Å². The maximum absolute atomic E-state index is 7.48. The summed E-state index contributed by atoms with van der Waals surface area (Å²) >= 11 is 0. The summed E-state index contributed by atoms with van der Waals surface area (Å²) in [5, 5.41) is 16.7. The van der Waals surface area contributed by atoms with Crippen LogP contribution < -0.4 is 5.32 Å². The third kappa shape index (κ3) is 8.73. The fourth-order valence-electron chi connectivity index (χ4n) is 3.37. The van der Waals surface area contributed by atoms with Crippen molar-refractivity contribution in [1.82, 2.24) is 24.0 Å². The minimum atomic E-state index is -1.98. The minimum Gasteiger partial charge on any atom is -0.229 e. The van der Waals surface area contributed by atoms with E-state index in [-0.39, 0.29) is 0 Å². The topological polar surface area (TPSA) is 72.6 Å². The van der Waals surface area contributed by atoms with Gasteiger partial charge < -0.3 is 0 Å². The molecule has 0 rings (SSSR count). The zero-order valence-corrected chi connectivity index (χ0v) is 20.0. The molecule has 27 heavy (non-hydrogen) atoms. The normalized spacial score (nSPS) is 11.9. The molecule has 0 atom stereocenters. The van der Waals surface area contributed by atoms with E-state index in [1.807, 2.05) is 0 Å². The van der Waals surface area contributed by atoms with E-state index in [9.17, 15) is 0 Å². The van der Waals surface area contributed by atoms with Crippen molar-refractivity contribution in [3.05, 3.63) is 0 Å². The standard InChI is InChI=1S/C17H43N4P.C2HN3/c1-9-14-16-21(17-15-10-2)22(18(6)11-3,19(7)12-4)20(8)13-5;3-1-5-2-4/h22H,9-17H2,1-8H3;5H. The van der Waals surface area contributed by atoms with Crippen LogP contribution in [0.4, 0.5) is 0 Å². The van der Waals surface area contributed by atoms with Gasteiger partial charge in [-0.3, -0.25) is 0 Å². The summed E-state index contributed by atoms with van der Waals surface area (Å²) in [5.74, 6) is 0. The van der Waals surface area contributed by atoms with Gasteiger partial charge >= 0.3 is 141 Å². The van der Waals surface area contributed by atoms with Gasteiger partial charge in [0.2, 0.25) is 0 Å². The Morgan fingerprint density at radius 3 is 1.22 bits per heavy atom. The second-order valence-corrected chi connectivity index (χ2v) is 10.8. The van der Waals surface area contributed by atoms with Crippen LogP contribution >= 0.6 is 7.87 Å². The number of unbranched alkanes of at least 4 members (excludes halogenated alkanes) is 2. The van der Waals surface area contributed by atoms with E-state index in [4.69, 9.17) is 10.5 Å². The van der Waals surface area contributed by atoms with Crippen molar-refractivity contribution in [2.75, 3.05) is 53.9 Å². The Bertz CT molecular complexity index is 386. The molecule has 0 fully saturated rings. The van der Waals surface area contributed by atoms with Crippen LogP contribution in [0, 0.1) is 22.9 Å². The molecule has 0 saturated carbocycles. The first-order chi connectivity index (χ1) is 12.9. The summed E-state index contributed by atoms with van der Waals surface area (Å²) in [7, 11) is 5.01. The average molecular weight is 402 g/mol. The van der Waals surface area contributed by atoms with Crippen molar-refractivity contribution in [2.45, 2.75) is 60.3 Å². The second kappa shape index (κ2) is 17.2. The number of nitriles is 2. The Labute approximate surface area is 169 Å². The molecule has 0 heterocycles. The predicted octanol–water partition coefficient (Wildman–Crippen LogP) is 3.69. The van der Waals surface area contributed by atoms with Crippen molar-refractivity contribution in [2.24, 2.45) is 0 Å². The molecule has 8 heteroatoms. The Morgan fingerprint density at radius 1 is 0.704 bits per heavy atom. The van der Waals surface area contributed by atoms with Crippen molar-refractivity contribution in [3.63, 3.8) is 0 Å². The summed E-state index contributed by atoms with van der Waals surface area (Å²) < 4.78 is 10.8. The van der Waals surface area contributed by atoms with E-state index in [1.165, 1.54) is 51.2 Å². The SMILES string of the molecule is CCCCN(CCCC)[PH](N(C)CC)(N(C)CC)N(C)CC.N#CNC#N. The van der Waals surface area contributed by atoms with Gasteiger partial charge in [0.25, 0.3) is 0 Å². The quantitative estimate of drug-likeness (QED) is 0.287. The van der Waals surface area contributed by atoms with Crippen LogP contribution in [0.25, 0.3) is 0 Å². The van der Waals surface area contributed by atoms with Gasteiger partial charge in [-0.1, -0.05) is 0 Å². The Morgan fingerprint density at radius 2 is 1.04 bits per heavy atom. The summed E-state index contributed by atoms with van der Waals surface area (Å²) in [6.45, 7) is 17.3. The van der Waals surface area contributed by atoms with Crippen LogP contribution in [0.3, 0.4) is 0 Å². The molecule has 0 aromatic heterocycles. The van der Waals surface area contributed by atoms with Gasteiger partial charge in [0.1, 0.15) is 0 Å². The third-order valence-corrected chi connectivity index (χ3v) is 10.4. The fourth-order valence-corrected chi connectivity index (χ4v) is 8.76. The molecule has 0 spiro atoms. The molecule has 0 unspecified atom stereocenters. The Balaban J connectivity index is 0. The van der Waals surface area contributed by atoms with Crippen LogP contribution in [0.2, 0.25) is 0 Å². The zero-order chi connectivity index (χ0) is 21.3. The van der Waals surface area contributed by atoms with E-state index < -0.39 is 7.87 Å². The molecule has 0 aromatic carbocycles. The van der Waals surface area contributed by atoms with Crippen molar-refractivity contribution in [3.8, 4) is 12.4 Å². The van der Waals surface area contributed by atoms with Gasteiger partial charge in [-0.25, -0.2) is 5.32 Å². The molecule has 0 saturated heterocycles. The van der Waals surface area contributed by atoms with Crippen molar-refractivity contribution < 1.29 is 0 Å².